The number of hydrogen-bond acceptors (Lipinski definition) is 3. The van der Waals surface area contributed by atoms with E-state index in [4.69, 9.17) is 17.4 Å². The van der Waals surface area contributed by atoms with E-state index in [2.05, 4.69) is 0 Å². The molecule has 1 aromatic rings. The summed E-state index contributed by atoms with van der Waals surface area (Å²) >= 11 is 5.60. The van der Waals surface area contributed by atoms with Gasteiger partial charge in [0.15, 0.2) is 0 Å². The van der Waals surface area contributed by atoms with Gasteiger partial charge in [0.1, 0.15) is 0 Å². The molecule has 0 atom stereocenters. The first kappa shape index (κ1) is 24.4. The number of hydrazine groups is 1. The molecule has 90 valence electrons. The second-order valence-electron chi connectivity index (χ2n) is 1.98. The van der Waals surface area contributed by atoms with E-state index in [0.29, 0.717) is 10.6 Å². The van der Waals surface area contributed by atoms with Crippen molar-refractivity contribution in [1.29, 1.82) is 0 Å². The summed E-state index contributed by atoms with van der Waals surface area (Å²) in [6.07, 6.45) is 0. The van der Waals surface area contributed by atoms with Crippen molar-refractivity contribution in [2.75, 3.05) is 0 Å². The number of hydrogen-bond donors (Lipinski definition) is 3. The molecule has 0 fully saturated rings. The van der Waals surface area contributed by atoms with Crippen molar-refractivity contribution in [3.05, 3.63) is 34.9 Å². The van der Waals surface area contributed by atoms with Gasteiger partial charge < -0.3 is 31.0 Å². The molecule has 0 aliphatic heterocycles. The first-order valence-corrected chi connectivity index (χ1v) is 3.38. The molecule has 0 saturated carbocycles. The SMILES string of the molecule is N.NNC(=O)c1ccc(Cl)cc1.[Cl-].[Cl-].[Pt+2]. The predicted molar refractivity (Wildman–Crippen MR) is 48.1 cm³/mol. The maximum atomic E-state index is 10.8. The van der Waals surface area contributed by atoms with Crippen molar-refractivity contribution in [2.24, 2.45) is 5.84 Å². The fourth-order valence-corrected chi connectivity index (χ4v) is 0.811. The number of benzene rings is 1. The molecule has 0 spiro atoms. The van der Waals surface area contributed by atoms with Gasteiger partial charge in [-0.2, -0.15) is 0 Å². The Hall–Kier alpha value is 0.168. The second-order valence-corrected chi connectivity index (χ2v) is 2.42. The summed E-state index contributed by atoms with van der Waals surface area (Å²) in [4.78, 5) is 10.8. The van der Waals surface area contributed by atoms with Crippen LogP contribution < -0.4 is 42.2 Å². The smallest absolute Gasteiger partial charge is 1.00 e. The van der Waals surface area contributed by atoms with Crippen LogP contribution in [0.25, 0.3) is 0 Å². The van der Waals surface area contributed by atoms with E-state index >= 15 is 0 Å². The van der Waals surface area contributed by atoms with Gasteiger partial charge in [0.2, 0.25) is 0 Å². The van der Waals surface area contributed by atoms with Crippen molar-refractivity contribution in [1.82, 2.24) is 11.6 Å². The minimum absolute atomic E-state index is 0. The maximum Gasteiger partial charge on any atom is 2.00 e. The van der Waals surface area contributed by atoms with E-state index in [0.717, 1.165) is 0 Å². The quantitative estimate of drug-likeness (QED) is 0.226. The van der Waals surface area contributed by atoms with Crippen molar-refractivity contribution in [3.63, 3.8) is 0 Å². The molecule has 4 nitrogen and oxygen atoms in total. The zero-order chi connectivity index (χ0) is 8.27. The van der Waals surface area contributed by atoms with Crippen molar-refractivity contribution < 1.29 is 50.7 Å². The topological polar surface area (TPSA) is 90.1 Å². The minimum Gasteiger partial charge on any atom is -1.00 e. The zero-order valence-corrected chi connectivity index (χ0v) is 12.0. The average Bonchev–Trinajstić information content (AvgIpc) is 2.05. The van der Waals surface area contributed by atoms with E-state index < -0.39 is 0 Å². The number of carbonyl (C=O) groups excluding carboxylic acids is 1. The largest absolute Gasteiger partial charge is 2.00 e. The Morgan fingerprint density at radius 1 is 1.20 bits per heavy atom. The molecule has 0 aliphatic rings. The summed E-state index contributed by atoms with van der Waals surface area (Å²) in [5.41, 5.74) is 2.52. The molecule has 1 amide bonds. The van der Waals surface area contributed by atoms with Crippen molar-refractivity contribution >= 4 is 17.5 Å². The summed E-state index contributed by atoms with van der Waals surface area (Å²) < 4.78 is 0. The van der Waals surface area contributed by atoms with Gasteiger partial charge in [-0.05, 0) is 24.3 Å². The van der Waals surface area contributed by atoms with Crippen LogP contribution in [0.2, 0.25) is 5.02 Å². The van der Waals surface area contributed by atoms with Crippen LogP contribution >= 0.6 is 11.6 Å². The van der Waals surface area contributed by atoms with Gasteiger partial charge in [0.25, 0.3) is 5.91 Å². The minimum atomic E-state index is -0.318. The Kier molecular flexibility index (Phi) is 19.9. The van der Waals surface area contributed by atoms with E-state index in [1.165, 1.54) is 0 Å². The third-order valence-corrected chi connectivity index (χ3v) is 1.49. The van der Waals surface area contributed by atoms with Crippen LogP contribution in [0.4, 0.5) is 0 Å². The number of amides is 1. The van der Waals surface area contributed by atoms with E-state index in [9.17, 15) is 4.79 Å². The fraction of sp³-hybridized carbons (Fsp3) is 0. The Labute approximate surface area is 120 Å². The number of rotatable bonds is 1. The van der Waals surface area contributed by atoms with Crippen LogP contribution in [-0.4, -0.2) is 5.91 Å². The number of nitrogen functional groups attached to an aromatic ring is 1. The molecule has 6 N–H and O–H groups in total. The first-order chi connectivity index (χ1) is 5.24. The normalized spacial score (nSPS) is 6.80. The molecule has 0 heterocycles. The Balaban J connectivity index is -0.000000151. The molecule has 0 aliphatic carbocycles. The van der Waals surface area contributed by atoms with Crippen molar-refractivity contribution in [2.45, 2.75) is 0 Å². The molecule has 0 radical (unpaired) electrons. The third kappa shape index (κ3) is 8.03. The summed E-state index contributed by atoms with van der Waals surface area (Å²) in [6.45, 7) is 0. The van der Waals surface area contributed by atoms with Gasteiger partial charge in [-0.25, -0.2) is 5.84 Å². The summed E-state index contributed by atoms with van der Waals surface area (Å²) in [6, 6.07) is 6.47. The van der Waals surface area contributed by atoms with Crippen LogP contribution in [0.15, 0.2) is 24.3 Å². The fourth-order valence-electron chi connectivity index (χ4n) is 0.685. The van der Waals surface area contributed by atoms with E-state index in [-0.39, 0.29) is 57.9 Å². The van der Waals surface area contributed by atoms with Crippen molar-refractivity contribution in [3.8, 4) is 0 Å². The molecule has 1 rings (SSSR count). The number of nitrogens with two attached hydrogens (primary N) is 1. The molecular weight excluding hydrogens is 444 g/mol. The number of nitrogens with one attached hydrogen (secondary N) is 1. The Bertz CT molecular complexity index is 271. The number of carbonyl (C=O) groups is 1. The molecule has 0 unspecified atom stereocenters. The number of halogens is 3. The maximum absolute atomic E-state index is 10.8. The molecule has 0 bridgehead atoms. The molecule has 0 saturated heterocycles. The van der Waals surface area contributed by atoms with Gasteiger partial charge in [-0.3, -0.25) is 10.2 Å². The van der Waals surface area contributed by atoms with Crippen LogP contribution in [0.5, 0.6) is 0 Å². The molecule has 1 aromatic carbocycles. The Morgan fingerprint density at radius 3 is 1.93 bits per heavy atom. The summed E-state index contributed by atoms with van der Waals surface area (Å²) in [5, 5.41) is 0.596. The predicted octanol–water partition coefficient (Wildman–Crippen LogP) is -4.89. The average molecular weight is 454 g/mol. The summed E-state index contributed by atoms with van der Waals surface area (Å²) in [7, 11) is 0. The standard InChI is InChI=1S/C7H7ClN2O.2ClH.H3N.Pt/c8-6-3-1-5(2-4-6)7(11)10-9;;;;/h1-4H,9H2,(H,10,11);2*1H;1H3;/q;;;;+2/p-2. The van der Waals surface area contributed by atoms with Crippen LogP contribution in [0, 0.1) is 0 Å². The van der Waals surface area contributed by atoms with E-state index in [1.807, 2.05) is 5.43 Å². The first-order valence-electron chi connectivity index (χ1n) is 3.00. The van der Waals surface area contributed by atoms with Crippen LogP contribution in [-0.2, 0) is 21.1 Å². The van der Waals surface area contributed by atoms with Crippen LogP contribution in [0.3, 0.4) is 0 Å². The van der Waals surface area contributed by atoms with Gasteiger partial charge in [0, 0.05) is 10.6 Å². The second kappa shape index (κ2) is 12.2. The molecule has 15 heavy (non-hydrogen) atoms. The van der Waals surface area contributed by atoms with Gasteiger partial charge in [-0.1, -0.05) is 11.6 Å². The third-order valence-electron chi connectivity index (χ3n) is 1.24. The zero-order valence-electron chi connectivity index (χ0n) is 7.45. The van der Waals surface area contributed by atoms with Gasteiger partial charge in [0.05, 0.1) is 0 Å². The molecule has 0 aromatic heterocycles. The van der Waals surface area contributed by atoms with Crippen LogP contribution in [0.1, 0.15) is 10.4 Å². The Morgan fingerprint density at radius 2 is 1.60 bits per heavy atom. The summed E-state index contributed by atoms with van der Waals surface area (Å²) in [5.74, 6) is 4.59. The van der Waals surface area contributed by atoms with Gasteiger partial charge in [-0.15, -0.1) is 0 Å². The molecule has 8 heteroatoms. The monoisotopic (exact) mass is 452 g/mol. The molecular formula is C7H10Cl3N3OPt. The van der Waals surface area contributed by atoms with Gasteiger partial charge >= 0.3 is 21.1 Å². The van der Waals surface area contributed by atoms with E-state index in [1.54, 1.807) is 24.3 Å².